The van der Waals surface area contributed by atoms with Gasteiger partial charge in [0.05, 0.1) is 24.8 Å². The number of hydrogen-bond acceptors (Lipinski definition) is 5. The minimum absolute atomic E-state index is 0.0463. The first kappa shape index (κ1) is 15.8. The summed E-state index contributed by atoms with van der Waals surface area (Å²) in [4.78, 5) is 0. The molecule has 0 spiro atoms. The first-order valence-electron chi connectivity index (χ1n) is 4.49. The first-order chi connectivity index (χ1) is 7.16. The lowest BCUT2D eigenvalue weighted by atomic mass is 9.80. The molecule has 15 heavy (non-hydrogen) atoms. The molecule has 0 aromatic rings. The highest BCUT2D eigenvalue weighted by molar-refractivity contribution is 4.99. The van der Waals surface area contributed by atoms with Crippen molar-refractivity contribution >= 4 is 0 Å². The van der Waals surface area contributed by atoms with Crippen LogP contribution in [-0.4, -0.2) is 23.4 Å². The molecule has 0 aromatic carbocycles. The molecular formula is C10H15N3O2. The van der Waals surface area contributed by atoms with Crippen molar-refractivity contribution in [1.82, 2.24) is 0 Å². The predicted octanol–water partition coefficient (Wildman–Crippen LogP) is 0.705. The minimum Gasteiger partial charge on any atom is -0.397 e. The van der Waals surface area contributed by atoms with Gasteiger partial charge in [-0.3, -0.25) is 0 Å². The zero-order valence-electron chi connectivity index (χ0n) is 8.77. The molecule has 0 aliphatic carbocycles. The Bertz CT molecular complexity index is 229. The molecule has 0 saturated carbocycles. The summed E-state index contributed by atoms with van der Waals surface area (Å²) in [6.45, 7) is 1.64. The van der Waals surface area contributed by atoms with Crippen LogP contribution in [0.5, 0.6) is 0 Å². The van der Waals surface area contributed by atoms with Gasteiger partial charge in [-0.2, -0.15) is 15.8 Å². The Labute approximate surface area is 89.8 Å². The Morgan fingerprint density at radius 3 is 1.33 bits per heavy atom. The van der Waals surface area contributed by atoms with Gasteiger partial charge >= 0.3 is 0 Å². The summed E-state index contributed by atoms with van der Waals surface area (Å²) < 4.78 is 0. The van der Waals surface area contributed by atoms with Gasteiger partial charge in [0.1, 0.15) is 0 Å². The van der Waals surface area contributed by atoms with E-state index < -0.39 is 5.41 Å². The van der Waals surface area contributed by atoms with Crippen LogP contribution in [0.25, 0.3) is 0 Å². The summed E-state index contributed by atoms with van der Waals surface area (Å²) >= 11 is 0. The van der Waals surface area contributed by atoms with Crippen molar-refractivity contribution in [2.24, 2.45) is 5.41 Å². The van der Waals surface area contributed by atoms with E-state index in [4.69, 9.17) is 26.0 Å². The van der Waals surface area contributed by atoms with E-state index in [9.17, 15) is 0 Å². The van der Waals surface area contributed by atoms with Crippen LogP contribution in [0.15, 0.2) is 0 Å². The number of aliphatic hydroxyl groups excluding tert-OH is 2. The molecule has 0 saturated heterocycles. The third-order valence-electron chi connectivity index (χ3n) is 1.70. The zero-order valence-corrected chi connectivity index (χ0v) is 8.77. The van der Waals surface area contributed by atoms with E-state index in [0.717, 1.165) is 0 Å². The van der Waals surface area contributed by atoms with Gasteiger partial charge in [0.2, 0.25) is 0 Å². The Morgan fingerprint density at radius 1 is 0.933 bits per heavy atom. The van der Waals surface area contributed by atoms with Gasteiger partial charge in [0.15, 0.2) is 0 Å². The molecule has 82 valence electrons. The van der Waals surface area contributed by atoms with Gasteiger partial charge in [0.25, 0.3) is 0 Å². The fourth-order valence-electron chi connectivity index (χ4n) is 0.858. The average Bonchev–Trinajstić information content (AvgIpc) is 2.20. The molecule has 0 amide bonds. The summed E-state index contributed by atoms with van der Waals surface area (Å²) in [6.07, 6.45) is 0.139. The molecule has 0 unspecified atom stereocenters. The molecule has 0 bridgehead atoms. The van der Waals surface area contributed by atoms with Crippen LogP contribution in [0.3, 0.4) is 0 Å². The normalized spacial score (nSPS) is 8.80. The lowest BCUT2D eigenvalue weighted by Crippen LogP contribution is -2.23. The van der Waals surface area contributed by atoms with Crippen molar-refractivity contribution in [3.63, 3.8) is 0 Å². The molecule has 5 nitrogen and oxygen atoms in total. The predicted molar refractivity (Wildman–Crippen MR) is 53.0 cm³/mol. The van der Waals surface area contributed by atoms with Crippen molar-refractivity contribution in [2.75, 3.05) is 13.2 Å². The number of nitriles is 3. The van der Waals surface area contributed by atoms with Gasteiger partial charge in [-0.05, 0) is 6.92 Å². The standard InChI is InChI=1S/C8H9N3O.C2H6O/c9-4-1-8(7-12,2-5-10)3-6-11;1-2-3/h12H,1-3,7H2;3H,2H2,1H3. The SMILES string of the molecule is CCO.N#CCC(CO)(CC#N)CC#N. The fraction of sp³-hybridized carbons (Fsp3) is 0.700. The van der Waals surface area contributed by atoms with Gasteiger partial charge in [-0.25, -0.2) is 0 Å². The van der Waals surface area contributed by atoms with E-state index in [0.29, 0.717) is 0 Å². The number of rotatable bonds is 4. The third-order valence-corrected chi connectivity index (χ3v) is 1.70. The fourth-order valence-corrected chi connectivity index (χ4v) is 0.858. The molecule has 0 radical (unpaired) electrons. The van der Waals surface area contributed by atoms with E-state index in [1.165, 1.54) is 0 Å². The molecule has 0 fully saturated rings. The molecule has 2 N–H and O–H groups in total. The van der Waals surface area contributed by atoms with Crippen LogP contribution in [0.2, 0.25) is 0 Å². The second-order valence-electron chi connectivity index (χ2n) is 2.98. The summed E-state index contributed by atoms with van der Waals surface area (Å²) in [6, 6.07) is 5.60. The largest absolute Gasteiger partial charge is 0.397 e. The van der Waals surface area contributed by atoms with Gasteiger partial charge < -0.3 is 10.2 Å². The van der Waals surface area contributed by atoms with Gasteiger partial charge in [-0.15, -0.1) is 0 Å². The molecule has 0 aliphatic heterocycles. The number of nitrogens with zero attached hydrogens (tertiary/aromatic N) is 3. The second-order valence-corrected chi connectivity index (χ2v) is 2.98. The monoisotopic (exact) mass is 209 g/mol. The average molecular weight is 209 g/mol. The maximum absolute atomic E-state index is 8.92. The van der Waals surface area contributed by atoms with Crippen molar-refractivity contribution in [3.8, 4) is 18.2 Å². The maximum Gasteiger partial charge on any atom is 0.0629 e. The summed E-state index contributed by atoms with van der Waals surface area (Å²) in [5, 5.41) is 41.7. The highest BCUT2D eigenvalue weighted by Gasteiger charge is 2.29. The topological polar surface area (TPSA) is 112 Å². The lowest BCUT2D eigenvalue weighted by Gasteiger charge is -2.22. The summed E-state index contributed by atoms with van der Waals surface area (Å²) in [7, 11) is 0. The molecule has 0 aliphatic rings. The smallest absolute Gasteiger partial charge is 0.0629 e. The summed E-state index contributed by atoms with van der Waals surface area (Å²) in [5.41, 5.74) is -0.835. The Balaban J connectivity index is 0. The van der Waals surface area contributed by atoms with Crippen molar-refractivity contribution in [2.45, 2.75) is 26.2 Å². The minimum atomic E-state index is -0.835. The van der Waals surface area contributed by atoms with Gasteiger partial charge in [0, 0.05) is 31.3 Å². The Kier molecular flexibility index (Phi) is 11.1. The van der Waals surface area contributed by atoms with Crippen LogP contribution in [0.1, 0.15) is 26.2 Å². The highest BCUT2D eigenvalue weighted by atomic mass is 16.3. The first-order valence-corrected chi connectivity index (χ1v) is 4.49. The molecule has 0 aromatic heterocycles. The van der Waals surface area contributed by atoms with Crippen LogP contribution in [-0.2, 0) is 0 Å². The Morgan fingerprint density at radius 2 is 1.20 bits per heavy atom. The Hall–Kier alpha value is -1.61. The molecule has 0 heterocycles. The molecular weight excluding hydrogens is 194 g/mol. The van der Waals surface area contributed by atoms with Crippen molar-refractivity contribution in [3.05, 3.63) is 0 Å². The van der Waals surface area contributed by atoms with E-state index in [-0.39, 0.29) is 32.5 Å². The van der Waals surface area contributed by atoms with E-state index in [1.807, 2.05) is 18.2 Å². The molecule has 5 heteroatoms. The van der Waals surface area contributed by atoms with E-state index in [1.54, 1.807) is 6.92 Å². The number of aliphatic hydroxyl groups is 2. The highest BCUT2D eigenvalue weighted by Crippen LogP contribution is 2.28. The summed E-state index contributed by atoms with van der Waals surface area (Å²) in [5.74, 6) is 0. The van der Waals surface area contributed by atoms with Crippen LogP contribution < -0.4 is 0 Å². The van der Waals surface area contributed by atoms with E-state index in [2.05, 4.69) is 0 Å². The van der Waals surface area contributed by atoms with Crippen molar-refractivity contribution < 1.29 is 10.2 Å². The van der Waals surface area contributed by atoms with Crippen LogP contribution in [0, 0.1) is 39.4 Å². The van der Waals surface area contributed by atoms with Crippen LogP contribution >= 0.6 is 0 Å². The maximum atomic E-state index is 8.92. The van der Waals surface area contributed by atoms with Crippen LogP contribution in [0.4, 0.5) is 0 Å². The number of hydrogen-bond donors (Lipinski definition) is 2. The zero-order chi connectivity index (χ0) is 12.2. The van der Waals surface area contributed by atoms with Crippen molar-refractivity contribution in [1.29, 1.82) is 15.8 Å². The third kappa shape index (κ3) is 7.46. The quantitative estimate of drug-likeness (QED) is 0.707. The molecule has 0 rings (SSSR count). The lowest BCUT2D eigenvalue weighted by molar-refractivity contribution is 0.136. The van der Waals surface area contributed by atoms with E-state index >= 15 is 0 Å². The van der Waals surface area contributed by atoms with Gasteiger partial charge in [-0.1, -0.05) is 0 Å². The molecule has 0 atom stereocenters. The second kappa shape index (κ2) is 10.5.